The van der Waals surface area contributed by atoms with Crippen molar-refractivity contribution in [2.24, 2.45) is 5.73 Å². The van der Waals surface area contributed by atoms with Crippen LogP contribution < -0.4 is 11.1 Å². The Morgan fingerprint density at radius 3 is 2.73 bits per heavy atom. The van der Waals surface area contributed by atoms with Crippen LogP contribution in [0.1, 0.15) is 17.3 Å². The molecule has 0 saturated heterocycles. The molecule has 15 heavy (non-hydrogen) atoms. The van der Waals surface area contributed by atoms with Crippen LogP contribution in [0.15, 0.2) is 18.5 Å². The molecule has 1 aromatic rings. The molecular weight excluding hydrogens is 198 g/mol. The average Bonchev–Trinajstić information content (AvgIpc) is 2.18. The van der Waals surface area contributed by atoms with E-state index in [9.17, 15) is 9.59 Å². The van der Waals surface area contributed by atoms with E-state index in [0.29, 0.717) is 5.69 Å². The number of anilines is 1. The van der Waals surface area contributed by atoms with Crippen LogP contribution >= 0.6 is 0 Å². The molecule has 0 unspecified atom stereocenters. The number of rotatable bonds is 3. The number of nitrogens with one attached hydrogen (secondary N) is 1. The van der Waals surface area contributed by atoms with Gasteiger partial charge in [0, 0.05) is 6.20 Å². The van der Waals surface area contributed by atoms with Gasteiger partial charge in [0.1, 0.15) is 0 Å². The number of amides is 1. The van der Waals surface area contributed by atoms with Crippen LogP contribution in [0.5, 0.6) is 0 Å². The maximum Gasteiger partial charge on any atom is 0.337 e. The Bertz CT molecular complexity index is 390. The molecule has 4 N–H and O–H groups in total. The fourth-order valence-corrected chi connectivity index (χ4v) is 0.881. The van der Waals surface area contributed by atoms with Crippen molar-refractivity contribution in [1.82, 2.24) is 4.98 Å². The van der Waals surface area contributed by atoms with Crippen LogP contribution in [-0.4, -0.2) is 28.0 Å². The van der Waals surface area contributed by atoms with Crippen LogP contribution in [0.3, 0.4) is 0 Å². The van der Waals surface area contributed by atoms with Crippen molar-refractivity contribution in [2.75, 3.05) is 5.32 Å². The summed E-state index contributed by atoms with van der Waals surface area (Å²) in [5.41, 5.74) is 5.66. The predicted octanol–water partition coefficient (Wildman–Crippen LogP) is 0.0655. The van der Waals surface area contributed by atoms with E-state index in [1.807, 2.05) is 0 Å². The molecule has 1 heterocycles. The van der Waals surface area contributed by atoms with E-state index in [0.717, 1.165) is 0 Å². The predicted molar refractivity (Wildman–Crippen MR) is 53.5 cm³/mol. The van der Waals surface area contributed by atoms with Gasteiger partial charge in [-0.05, 0) is 13.0 Å². The lowest BCUT2D eigenvalue weighted by Gasteiger charge is -2.07. The third kappa shape index (κ3) is 3.03. The quantitative estimate of drug-likeness (QED) is 0.653. The minimum Gasteiger partial charge on any atom is -0.478 e. The van der Waals surface area contributed by atoms with Crippen molar-refractivity contribution in [3.63, 3.8) is 0 Å². The number of carboxylic acids is 1. The second kappa shape index (κ2) is 4.52. The molecule has 1 atom stereocenters. The van der Waals surface area contributed by atoms with Gasteiger partial charge in [-0.3, -0.25) is 9.78 Å². The highest BCUT2D eigenvalue weighted by Gasteiger charge is 2.09. The van der Waals surface area contributed by atoms with Gasteiger partial charge in [-0.1, -0.05) is 0 Å². The molecule has 0 radical (unpaired) electrons. The molecular formula is C9H11N3O3. The van der Waals surface area contributed by atoms with E-state index in [2.05, 4.69) is 10.3 Å². The standard InChI is InChI=1S/C9H11N3O3/c1-5(10)8(13)12-7-2-6(9(14)15)3-11-4-7/h2-5H,10H2,1H3,(H,12,13)(H,14,15)/t5-/m1/s1. The van der Waals surface area contributed by atoms with Crippen LogP contribution in [0.25, 0.3) is 0 Å². The number of hydrogen-bond acceptors (Lipinski definition) is 4. The first kappa shape index (κ1) is 11.1. The highest BCUT2D eigenvalue weighted by molar-refractivity contribution is 5.95. The Labute approximate surface area is 86.1 Å². The van der Waals surface area contributed by atoms with Gasteiger partial charge in [-0.25, -0.2) is 4.79 Å². The van der Waals surface area contributed by atoms with E-state index < -0.39 is 12.0 Å². The van der Waals surface area contributed by atoms with Gasteiger partial charge in [-0.2, -0.15) is 0 Å². The average molecular weight is 209 g/mol. The summed E-state index contributed by atoms with van der Waals surface area (Å²) in [5, 5.41) is 11.1. The lowest BCUT2D eigenvalue weighted by atomic mass is 10.2. The molecule has 0 saturated carbocycles. The fourth-order valence-electron chi connectivity index (χ4n) is 0.881. The molecule has 1 amide bonds. The van der Waals surface area contributed by atoms with Crippen LogP contribution in [0.2, 0.25) is 0 Å². The minimum absolute atomic E-state index is 0.0116. The van der Waals surface area contributed by atoms with Crippen molar-refractivity contribution in [1.29, 1.82) is 0 Å². The summed E-state index contributed by atoms with van der Waals surface area (Å²) in [5.74, 6) is -1.49. The Morgan fingerprint density at radius 1 is 1.53 bits per heavy atom. The molecule has 6 heteroatoms. The van der Waals surface area contributed by atoms with E-state index in [1.165, 1.54) is 25.4 Å². The van der Waals surface area contributed by atoms with Crippen molar-refractivity contribution >= 4 is 17.6 Å². The van der Waals surface area contributed by atoms with Gasteiger partial charge in [0.2, 0.25) is 5.91 Å². The van der Waals surface area contributed by atoms with E-state index in [4.69, 9.17) is 10.8 Å². The second-order valence-electron chi connectivity index (χ2n) is 3.05. The number of aromatic carboxylic acids is 1. The molecule has 80 valence electrons. The summed E-state index contributed by atoms with van der Waals surface area (Å²) in [6, 6.07) is 0.661. The molecule has 0 aliphatic carbocycles. The lowest BCUT2D eigenvalue weighted by molar-refractivity contribution is -0.117. The zero-order chi connectivity index (χ0) is 11.4. The Balaban J connectivity index is 2.83. The Kier molecular flexibility index (Phi) is 3.35. The lowest BCUT2D eigenvalue weighted by Crippen LogP contribution is -2.32. The third-order valence-corrected chi connectivity index (χ3v) is 1.67. The fraction of sp³-hybridized carbons (Fsp3) is 0.222. The zero-order valence-corrected chi connectivity index (χ0v) is 8.10. The largest absolute Gasteiger partial charge is 0.478 e. The maximum absolute atomic E-state index is 11.2. The summed E-state index contributed by atoms with van der Waals surface area (Å²) < 4.78 is 0. The third-order valence-electron chi connectivity index (χ3n) is 1.67. The zero-order valence-electron chi connectivity index (χ0n) is 8.10. The number of pyridine rings is 1. The molecule has 6 nitrogen and oxygen atoms in total. The van der Waals surface area contributed by atoms with Gasteiger partial charge in [0.15, 0.2) is 0 Å². The van der Waals surface area contributed by atoms with Crippen LogP contribution in [-0.2, 0) is 4.79 Å². The number of aromatic nitrogens is 1. The molecule has 0 aliphatic rings. The van der Waals surface area contributed by atoms with Gasteiger partial charge in [-0.15, -0.1) is 0 Å². The highest BCUT2D eigenvalue weighted by atomic mass is 16.4. The highest BCUT2D eigenvalue weighted by Crippen LogP contribution is 2.08. The van der Waals surface area contributed by atoms with Gasteiger partial charge in [0.25, 0.3) is 0 Å². The summed E-state index contributed by atoms with van der Waals surface area (Å²) in [7, 11) is 0. The second-order valence-corrected chi connectivity index (χ2v) is 3.05. The summed E-state index contributed by atoms with van der Waals surface area (Å²) in [4.78, 5) is 25.5. The van der Waals surface area contributed by atoms with Gasteiger partial charge < -0.3 is 16.2 Å². The summed E-state index contributed by atoms with van der Waals surface area (Å²) >= 11 is 0. The first-order chi connectivity index (χ1) is 7.00. The van der Waals surface area contributed by atoms with E-state index in [1.54, 1.807) is 0 Å². The maximum atomic E-state index is 11.2. The summed E-state index contributed by atoms with van der Waals surface area (Å²) in [6.07, 6.45) is 2.55. The molecule has 0 fully saturated rings. The van der Waals surface area contributed by atoms with Crippen LogP contribution in [0.4, 0.5) is 5.69 Å². The molecule has 1 aromatic heterocycles. The molecule has 0 bridgehead atoms. The summed E-state index contributed by atoms with van der Waals surface area (Å²) in [6.45, 7) is 1.53. The smallest absolute Gasteiger partial charge is 0.337 e. The molecule has 0 spiro atoms. The normalized spacial score (nSPS) is 11.9. The number of nitrogens with two attached hydrogens (primary N) is 1. The number of hydrogen-bond donors (Lipinski definition) is 3. The number of nitrogens with zero attached hydrogens (tertiary/aromatic N) is 1. The first-order valence-electron chi connectivity index (χ1n) is 4.25. The monoisotopic (exact) mass is 209 g/mol. The topological polar surface area (TPSA) is 105 Å². The van der Waals surface area contributed by atoms with Crippen LogP contribution in [0, 0.1) is 0 Å². The minimum atomic E-state index is -1.10. The van der Waals surface area contributed by atoms with Gasteiger partial charge >= 0.3 is 5.97 Å². The first-order valence-corrected chi connectivity index (χ1v) is 4.25. The van der Waals surface area contributed by atoms with Gasteiger partial charge in [0.05, 0.1) is 23.5 Å². The van der Waals surface area contributed by atoms with Crippen molar-refractivity contribution < 1.29 is 14.7 Å². The van der Waals surface area contributed by atoms with E-state index >= 15 is 0 Å². The SMILES string of the molecule is C[C@@H](N)C(=O)Nc1cncc(C(=O)O)c1. The Hall–Kier alpha value is -1.95. The number of carbonyl (C=O) groups is 2. The number of carboxylic acid groups (broad SMARTS) is 1. The number of carbonyl (C=O) groups excluding carboxylic acids is 1. The molecule has 1 rings (SSSR count). The van der Waals surface area contributed by atoms with Crippen molar-refractivity contribution in [2.45, 2.75) is 13.0 Å². The van der Waals surface area contributed by atoms with Crippen molar-refractivity contribution in [3.05, 3.63) is 24.0 Å². The van der Waals surface area contributed by atoms with Crippen molar-refractivity contribution in [3.8, 4) is 0 Å². The Morgan fingerprint density at radius 2 is 2.20 bits per heavy atom. The molecule has 0 aromatic carbocycles. The molecule has 0 aliphatic heterocycles. The van der Waals surface area contributed by atoms with E-state index in [-0.39, 0.29) is 11.5 Å².